The van der Waals surface area contributed by atoms with Gasteiger partial charge in [0, 0.05) is 11.5 Å². The molecule has 3 nitrogen and oxygen atoms in total. The van der Waals surface area contributed by atoms with Crippen LogP contribution in [-0.2, 0) is 0 Å². The van der Waals surface area contributed by atoms with Gasteiger partial charge in [-0.05, 0) is 35.6 Å². The van der Waals surface area contributed by atoms with E-state index >= 15 is 0 Å². The van der Waals surface area contributed by atoms with Crippen LogP contribution < -0.4 is 0 Å². The van der Waals surface area contributed by atoms with E-state index in [-0.39, 0.29) is 17.6 Å². The molecule has 2 unspecified atom stereocenters. The van der Waals surface area contributed by atoms with Crippen molar-refractivity contribution in [3.8, 4) is 5.75 Å². The molecule has 0 aliphatic rings. The molecule has 0 bridgehead atoms. The standard InChI is InChI=1S/C23H21FO3/c1-15(16-8-4-2-5-9-16)12-19(17-10-6-3-7-11-17)20-13-18(24)14-21(22(20)25)23(26)27/h2-11,13-15,19,25H,12H2,1H3,(H,26,27). The lowest BCUT2D eigenvalue weighted by Gasteiger charge is -2.24. The highest BCUT2D eigenvalue weighted by atomic mass is 19.1. The molecular formula is C23H21FO3. The molecule has 2 N–H and O–H groups in total. The molecule has 0 aliphatic carbocycles. The highest BCUT2D eigenvalue weighted by molar-refractivity contribution is 5.91. The van der Waals surface area contributed by atoms with Gasteiger partial charge >= 0.3 is 5.97 Å². The quantitative estimate of drug-likeness (QED) is 0.602. The Morgan fingerprint density at radius 3 is 2.07 bits per heavy atom. The normalized spacial score (nSPS) is 13.1. The van der Waals surface area contributed by atoms with Crippen LogP contribution in [0.5, 0.6) is 5.75 Å². The lowest BCUT2D eigenvalue weighted by molar-refractivity contribution is 0.0693. The summed E-state index contributed by atoms with van der Waals surface area (Å²) in [6.45, 7) is 2.07. The average molecular weight is 364 g/mol. The van der Waals surface area contributed by atoms with Gasteiger partial charge in [0.2, 0.25) is 0 Å². The summed E-state index contributed by atoms with van der Waals surface area (Å²) in [5.41, 5.74) is 1.91. The second kappa shape index (κ2) is 8.04. The predicted octanol–water partition coefficient (Wildman–Crippen LogP) is 5.56. The zero-order valence-corrected chi connectivity index (χ0v) is 15.0. The van der Waals surface area contributed by atoms with E-state index < -0.39 is 17.3 Å². The molecule has 4 heteroatoms. The van der Waals surface area contributed by atoms with Gasteiger partial charge in [-0.1, -0.05) is 67.6 Å². The van der Waals surface area contributed by atoms with E-state index in [1.807, 2.05) is 60.7 Å². The van der Waals surface area contributed by atoms with Crippen LogP contribution in [0.2, 0.25) is 0 Å². The number of carboxylic acid groups (broad SMARTS) is 1. The van der Waals surface area contributed by atoms with E-state index in [2.05, 4.69) is 6.92 Å². The van der Waals surface area contributed by atoms with Crippen molar-refractivity contribution >= 4 is 5.97 Å². The van der Waals surface area contributed by atoms with Crippen molar-refractivity contribution in [3.05, 3.63) is 101 Å². The van der Waals surface area contributed by atoms with Crippen molar-refractivity contribution in [2.45, 2.75) is 25.2 Å². The predicted molar refractivity (Wildman–Crippen MR) is 103 cm³/mol. The first-order valence-corrected chi connectivity index (χ1v) is 8.83. The van der Waals surface area contributed by atoms with Crippen molar-refractivity contribution in [2.24, 2.45) is 0 Å². The van der Waals surface area contributed by atoms with Crippen molar-refractivity contribution in [3.63, 3.8) is 0 Å². The third kappa shape index (κ3) is 4.17. The molecule has 0 radical (unpaired) electrons. The fourth-order valence-electron chi connectivity index (χ4n) is 3.45. The van der Waals surface area contributed by atoms with E-state index in [0.29, 0.717) is 12.0 Å². The van der Waals surface area contributed by atoms with Crippen LogP contribution in [0.15, 0.2) is 72.8 Å². The maximum atomic E-state index is 14.1. The lowest BCUT2D eigenvalue weighted by atomic mass is 9.81. The number of halogens is 1. The van der Waals surface area contributed by atoms with Crippen LogP contribution in [0, 0.1) is 5.82 Å². The summed E-state index contributed by atoms with van der Waals surface area (Å²) in [6, 6.07) is 21.5. The van der Waals surface area contributed by atoms with Crippen molar-refractivity contribution in [1.82, 2.24) is 0 Å². The Bertz CT molecular complexity index is 923. The Balaban J connectivity index is 2.08. The number of hydrogen-bond acceptors (Lipinski definition) is 2. The maximum absolute atomic E-state index is 14.1. The second-order valence-electron chi connectivity index (χ2n) is 6.71. The molecular weight excluding hydrogens is 343 g/mol. The molecule has 0 heterocycles. The first-order valence-electron chi connectivity index (χ1n) is 8.83. The fraction of sp³-hybridized carbons (Fsp3) is 0.174. The first-order chi connectivity index (χ1) is 13.0. The van der Waals surface area contributed by atoms with Crippen molar-refractivity contribution in [1.29, 1.82) is 0 Å². The molecule has 0 saturated heterocycles. The fourth-order valence-corrected chi connectivity index (χ4v) is 3.45. The topological polar surface area (TPSA) is 57.5 Å². The summed E-state index contributed by atoms with van der Waals surface area (Å²) in [6.07, 6.45) is 0.601. The zero-order valence-electron chi connectivity index (χ0n) is 15.0. The number of carbonyl (C=O) groups is 1. The van der Waals surface area contributed by atoms with Crippen LogP contribution in [0.1, 0.15) is 52.2 Å². The van der Waals surface area contributed by atoms with Gasteiger partial charge in [-0.2, -0.15) is 0 Å². The summed E-state index contributed by atoms with van der Waals surface area (Å²) < 4.78 is 14.1. The number of rotatable bonds is 6. The molecule has 0 amide bonds. The summed E-state index contributed by atoms with van der Waals surface area (Å²) in [5, 5.41) is 19.9. The summed E-state index contributed by atoms with van der Waals surface area (Å²) in [7, 11) is 0. The maximum Gasteiger partial charge on any atom is 0.339 e. The molecule has 3 rings (SSSR count). The molecule has 27 heavy (non-hydrogen) atoms. The number of carboxylic acids is 1. The zero-order chi connectivity index (χ0) is 19.4. The van der Waals surface area contributed by atoms with Crippen LogP contribution in [0.25, 0.3) is 0 Å². The molecule has 0 spiro atoms. The van der Waals surface area contributed by atoms with E-state index in [9.17, 15) is 19.4 Å². The van der Waals surface area contributed by atoms with Gasteiger partial charge in [-0.3, -0.25) is 0 Å². The number of phenols is 1. The minimum atomic E-state index is -1.35. The monoisotopic (exact) mass is 364 g/mol. The molecule has 138 valence electrons. The second-order valence-corrected chi connectivity index (χ2v) is 6.71. The van der Waals surface area contributed by atoms with E-state index in [0.717, 1.165) is 17.2 Å². The van der Waals surface area contributed by atoms with E-state index in [1.165, 1.54) is 6.07 Å². The van der Waals surface area contributed by atoms with Gasteiger partial charge in [0.15, 0.2) is 0 Å². The number of aromatic carboxylic acids is 1. The number of hydrogen-bond donors (Lipinski definition) is 2. The SMILES string of the molecule is CC(CC(c1ccccc1)c1cc(F)cc(C(=O)O)c1O)c1ccccc1. The first kappa shape index (κ1) is 18.6. The van der Waals surface area contributed by atoms with Gasteiger partial charge in [-0.25, -0.2) is 9.18 Å². The third-order valence-corrected chi connectivity index (χ3v) is 4.87. The van der Waals surface area contributed by atoms with Gasteiger partial charge < -0.3 is 10.2 Å². The van der Waals surface area contributed by atoms with Gasteiger partial charge in [0.25, 0.3) is 0 Å². The Hall–Kier alpha value is -3.14. The van der Waals surface area contributed by atoms with Crippen molar-refractivity contribution < 1.29 is 19.4 Å². The smallest absolute Gasteiger partial charge is 0.339 e. The molecule has 0 fully saturated rings. The van der Waals surface area contributed by atoms with Gasteiger partial charge in [0.1, 0.15) is 17.1 Å². The molecule has 0 saturated carbocycles. The Kier molecular flexibility index (Phi) is 5.55. The molecule has 3 aromatic rings. The molecule has 0 aliphatic heterocycles. The molecule has 2 atom stereocenters. The highest BCUT2D eigenvalue weighted by Crippen LogP contribution is 2.40. The summed E-state index contributed by atoms with van der Waals surface area (Å²) in [5.74, 6) is -2.61. The Labute approximate surface area is 157 Å². The average Bonchev–Trinajstić information content (AvgIpc) is 2.68. The van der Waals surface area contributed by atoms with E-state index in [4.69, 9.17) is 0 Å². The number of benzene rings is 3. The Morgan fingerprint density at radius 1 is 0.963 bits per heavy atom. The number of aromatic hydroxyl groups is 1. The molecule has 0 aromatic heterocycles. The highest BCUT2D eigenvalue weighted by Gasteiger charge is 2.25. The van der Waals surface area contributed by atoms with Crippen LogP contribution in [0.4, 0.5) is 4.39 Å². The van der Waals surface area contributed by atoms with Crippen molar-refractivity contribution in [2.75, 3.05) is 0 Å². The minimum Gasteiger partial charge on any atom is -0.507 e. The van der Waals surface area contributed by atoms with Crippen LogP contribution in [0.3, 0.4) is 0 Å². The van der Waals surface area contributed by atoms with Gasteiger partial charge in [0.05, 0.1) is 0 Å². The third-order valence-electron chi connectivity index (χ3n) is 4.87. The van der Waals surface area contributed by atoms with Gasteiger partial charge in [-0.15, -0.1) is 0 Å². The van der Waals surface area contributed by atoms with Crippen LogP contribution in [-0.4, -0.2) is 16.2 Å². The summed E-state index contributed by atoms with van der Waals surface area (Å²) in [4.78, 5) is 11.4. The Morgan fingerprint density at radius 2 is 1.52 bits per heavy atom. The minimum absolute atomic E-state index is 0.132. The summed E-state index contributed by atoms with van der Waals surface area (Å²) >= 11 is 0. The lowest BCUT2D eigenvalue weighted by Crippen LogP contribution is -2.09. The largest absolute Gasteiger partial charge is 0.507 e. The van der Waals surface area contributed by atoms with Crippen LogP contribution >= 0.6 is 0 Å². The van der Waals surface area contributed by atoms with E-state index in [1.54, 1.807) is 0 Å². The molecule has 3 aromatic carbocycles.